The van der Waals surface area contributed by atoms with E-state index in [0.717, 1.165) is 17.3 Å². The number of nitrogens with zero attached hydrogens (tertiary/aromatic N) is 3. The topological polar surface area (TPSA) is 37.1 Å². The van der Waals surface area contributed by atoms with Crippen LogP contribution in [0.5, 0.6) is 0 Å². The van der Waals surface area contributed by atoms with E-state index in [4.69, 9.17) is 15.0 Å². The summed E-state index contributed by atoms with van der Waals surface area (Å²) in [5.74, 6) is 5.36. The first-order chi connectivity index (χ1) is 15.8. The monoisotopic (exact) mass is 501 g/mol. The zero-order chi connectivity index (χ0) is 23.5. The maximum atomic E-state index is 5.13. The van der Waals surface area contributed by atoms with Gasteiger partial charge in [-0.2, -0.15) is 0 Å². The van der Waals surface area contributed by atoms with E-state index < -0.39 is 0 Å². The largest absolute Gasteiger partial charge is 0.274 e. The van der Waals surface area contributed by atoms with E-state index in [0.29, 0.717) is 35.9 Å². The van der Waals surface area contributed by atoms with Crippen molar-refractivity contribution in [1.82, 2.24) is 0 Å². The van der Waals surface area contributed by atoms with Gasteiger partial charge in [-0.15, -0.1) is 35.3 Å². The molecule has 180 valence electrons. The van der Waals surface area contributed by atoms with Gasteiger partial charge in [-0.3, -0.25) is 15.0 Å². The lowest BCUT2D eigenvalue weighted by atomic mass is 10.0. The molecule has 0 N–H and O–H groups in total. The van der Waals surface area contributed by atoms with Gasteiger partial charge < -0.3 is 0 Å². The van der Waals surface area contributed by atoms with Crippen molar-refractivity contribution in [2.75, 3.05) is 17.3 Å². The normalized spacial score (nSPS) is 25.4. The van der Waals surface area contributed by atoms with Crippen LogP contribution >= 0.6 is 35.3 Å². The smallest absolute Gasteiger partial charge is 0.0981 e. The molecule has 0 aliphatic carbocycles. The van der Waals surface area contributed by atoms with Gasteiger partial charge in [0.25, 0.3) is 0 Å². The lowest BCUT2D eigenvalue weighted by Gasteiger charge is -2.10. The molecule has 0 unspecified atom stereocenters. The molecule has 3 nitrogen and oxygen atoms in total. The molecular formula is C27H39N3S3. The van der Waals surface area contributed by atoms with Crippen LogP contribution < -0.4 is 0 Å². The van der Waals surface area contributed by atoms with Gasteiger partial charge in [0, 0.05) is 33.9 Å². The highest BCUT2D eigenvalue weighted by atomic mass is 32.2. The second-order valence-electron chi connectivity index (χ2n) is 10.9. The Labute approximate surface area is 213 Å². The fourth-order valence-electron chi connectivity index (χ4n) is 4.71. The molecule has 0 aromatic heterocycles. The fourth-order valence-corrected chi connectivity index (χ4v) is 7.92. The lowest BCUT2D eigenvalue weighted by Crippen LogP contribution is -2.07. The Bertz CT molecular complexity index is 801. The fraction of sp³-hybridized carbons (Fsp3) is 0.667. The van der Waals surface area contributed by atoms with Crippen molar-refractivity contribution in [3.05, 3.63) is 34.9 Å². The third-order valence-corrected chi connectivity index (χ3v) is 9.54. The van der Waals surface area contributed by atoms with E-state index in [-0.39, 0.29) is 0 Å². The average molecular weight is 502 g/mol. The molecule has 0 saturated heterocycles. The average Bonchev–Trinajstić information content (AvgIpc) is 3.48. The summed E-state index contributed by atoms with van der Waals surface area (Å²) in [5, 5.41) is 3.61. The Kier molecular flexibility index (Phi) is 8.72. The van der Waals surface area contributed by atoms with E-state index in [9.17, 15) is 0 Å². The molecule has 3 aliphatic rings. The van der Waals surface area contributed by atoms with E-state index in [2.05, 4.69) is 59.7 Å². The third-order valence-electron chi connectivity index (χ3n) is 6.04. The molecule has 0 saturated carbocycles. The van der Waals surface area contributed by atoms with Crippen LogP contribution in [0.3, 0.4) is 0 Å². The molecule has 0 radical (unpaired) electrons. The summed E-state index contributed by atoms with van der Waals surface area (Å²) in [6.45, 7) is 13.8. The summed E-state index contributed by atoms with van der Waals surface area (Å²) in [7, 11) is 0. The molecule has 0 bridgehead atoms. The SMILES string of the molecule is CC(C)C[C@H]1CSC(c2cc(C3=N[C@@H](CC(C)C)CS3)cc(C3=N[C@@H](CC(C)C)CS3)c2)=N1. The Morgan fingerprint density at radius 2 is 0.848 bits per heavy atom. The van der Waals surface area contributed by atoms with Crippen LogP contribution in [0.4, 0.5) is 0 Å². The molecule has 3 atom stereocenters. The number of hydrogen-bond donors (Lipinski definition) is 0. The Morgan fingerprint density at radius 3 is 1.09 bits per heavy atom. The second kappa shape index (κ2) is 11.3. The van der Waals surface area contributed by atoms with Crippen LogP contribution in [0, 0.1) is 17.8 Å². The maximum Gasteiger partial charge on any atom is 0.0981 e. The summed E-state index contributed by atoms with van der Waals surface area (Å²) in [4.78, 5) is 15.4. The first kappa shape index (κ1) is 25.4. The highest BCUT2D eigenvalue weighted by molar-refractivity contribution is 8.15. The van der Waals surface area contributed by atoms with E-state index in [1.54, 1.807) is 0 Å². The van der Waals surface area contributed by atoms with Crippen LogP contribution in [0.1, 0.15) is 77.5 Å². The number of hydrogen-bond acceptors (Lipinski definition) is 6. The molecule has 0 fully saturated rings. The molecule has 1 aromatic rings. The van der Waals surface area contributed by atoms with Crippen molar-refractivity contribution in [3.8, 4) is 0 Å². The summed E-state index contributed by atoms with van der Waals surface area (Å²) in [6, 6.07) is 8.34. The molecule has 3 heterocycles. The zero-order valence-electron chi connectivity index (χ0n) is 21.0. The molecule has 0 spiro atoms. The summed E-state index contributed by atoms with van der Waals surface area (Å²) >= 11 is 5.77. The van der Waals surface area contributed by atoms with Crippen molar-refractivity contribution in [1.29, 1.82) is 0 Å². The van der Waals surface area contributed by atoms with E-state index in [1.807, 2.05) is 35.3 Å². The van der Waals surface area contributed by atoms with Gasteiger partial charge in [0.15, 0.2) is 0 Å². The number of rotatable bonds is 9. The third kappa shape index (κ3) is 6.91. The van der Waals surface area contributed by atoms with E-state index in [1.165, 1.54) is 51.1 Å². The van der Waals surface area contributed by atoms with Gasteiger partial charge in [0.05, 0.1) is 33.3 Å². The minimum Gasteiger partial charge on any atom is -0.274 e. The molecule has 3 aliphatic heterocycles. The predicted molar refractivity (Wildman–Crippen MR) is 153 cm³/mol. The summed E-state index contributed by atoms with van der Waals surface area (Å²) in [5.41, 5.74) is 3.76. The van der Waals surface area contributed by atoms with Crippen LogP contribution in [0.25, 0.3) is 0 Å². The first-order valence-corrected chi connectivity index (χ1v) is 15.5. The second-order valence-corrected chi connectivity index (χ2v) is 13.9. The molecule has 0 amide bonds. The summed E-state index contributed by atoms with van der Waals surface area (Å²) in [6.07, 6.45) is 3.51. The van der Waals surface area contributed by atoms with Crippen LogP contribution in [0.15, 0.2) is 33.2 Å². The maximum absolute atomic E-state index is 5.13. The molecule has 6 heteroatoms. The standard InChI is InChI=1S/C27H39N3S3/c1-16(2)7-22-13-31-25(28-22)19-10-20(26-29-23(14-32-26)8-17(3)4)12-21(11-19)27-30-24(15-33-27)9-18(5)6/h10-12,16-18,22-24H,7-9,13-15H2,1-6H3/t22-,23-,24-/m0/s1. The van der Waals surface area contributed by atoms with Gasteiger partial charge >= 0.3 is 0 Å². The van der Waals surface area contributed by atoms with Gasteiger partial charge in [-0.25, -0.2) is 0 Å². The van der Waals surface area contributed by atoms with Crippen LogP contribution in [0.2, 0.25) is 0 Å². The molecular weight excluding hydrogens is 463 g/mol. The number of aliphatic imine (C=N–C) groups is 3. The van der Waals surface area contributed by atoms with Gasteiger partial charge in [-0.1, -0.05) is 41.5 Å². The van der Waals surface area contributed by atoms with Crippen molar-refractivity contribution in [2.45, 2.75) is 78.9 Å². The Hall–Kier alpha value is -0.720. The predicted octanol–water partition coefficient (Wildman–Crippen LogP) is 7.41. The Morgan fingerprint density at radius 1 is 0.576 bits per heavy atom. The van der Waals surface area contributed by atoms with Crippen LogP contribution in [-0.2, 0) is 0 Å². The Balaban J connectivity index is 1.66. The minimum absolute atomic E-state index is 0.444. The van der Waals surface area contributed by atoms with Crippen LogP contribution in [-0.4, -0.2) is 50.5 Å². The zero-order valence-corrected chi connectivity index (χ0v) is 23.5. The lowest BCUT2D eigenvalue weighted by molar-refractivity contribution is 0.529. The summed E-state index contributed by atoms with van der Waals surface area (Å²) < 4.78 is 0. The number of benzene rings is 1. The van der Waals surface area contributed by atoms with Gasteiger partial charge in [0.1, 0.15) is 0 Å². The molecule has 33 heavy (non-hydrogen) atoms. The van der Waals surface area contributed by atoms with Crippen molar-refractivity contribution in [3.63, 3.8) is 0 Å². The van der Waals surface area contributed by atoms with Gasteiger partial charge in [0.2, 0.25) is 0 Å². The molecule has 1 aromatic carbocycles. The van der Waals surface area contributed by atoms with Crippen molar-refractivity contribution in [2.24, 2.45) is 32.7 Å². The first-order valence-electron chi connectivity index (χ1n) is 12.5. The quantitative estimate of drug-likeness (QED) is 0.353. The molecule has 4 rings (SSSR count). The number of thioether (sulfide) groups is 3. The van der Waals surface area contributed by atoms with Crippen molar-refractivity contribution >= 4 is 50.4 Å². The highest BCUT2D eigenvalue weighted by Crippen LogP contribution is 2.34. The van der Waals surface area contributed by atoms with E-state index >= 15 is 0 Å². The van der Waals surface area contributed by atoms with Crippen molar-refractivity contribution < 1.29 is 0 Å². The van der Waals surface area contributed by atoms with Gasteiger partial charge in [-0.05, 0) is 55.2 Å². The highest BCUT2D eigenvalue weighted by Gasteiger charge is 2.26. The minimum atomic E-state index is 0.444.